The maximum absolute atomic E-state index is 12.4. The highest BCUT2D eigenvalue weighted by Crippen LogP contribution is 2.16. The third kappa shape index (κ3) is 2.82. The maximum atomic E-state index is 12.4. The summed E-state index contributed by atoms with van der Waals surface area (Å²) in [5.74, 6) is 0.428. The summed E-state index contributed by atoms with van der Waals surface area (Å²) in [6.07, 6.45) is 1.59. The molecule has 1 aliphatic rings. The molecule has 2 unspecified atom stereocenters. The summed E-state index contributed by atoms with van der Waals surface area (Å²) in [7, 11) is 0. The van der Waals surface area contributed by atoms with Gasteiger partial charge in [0.15, 0.2) is 0 Å². The van der Waals surface area contributed by atoms with Crippen molar-refractivity contribution in [2.24, 2.45) is 0 Å². The summed E-state index contributed by atoms with van der Waals surface area (Å²) in [6, 6.07) is 3.62. The number of morpholine rings is 1. The average molecular weight is 269 g/mol. The summed E-state index contributed by atoms with van der Waals surface area (Å²) in [5.41, 5.74) is 1.51. The van der Waals surface area contributed by atoms with Crippen LogP contribution in [-0.2, 0) is 4.74 Å². The lowest BCUT2D eigenvalue weighted by atomic mass is 10.1. The summed E-state index contributed by atoms with van der Waals surface area (Å²) in [6.45, 7) is 4.94. The monoisotopic (exact) mass is 268 g/mol. The lowest BCUT2D eigenvalue weighted by Gasteiger charge is -2.37. The van der Waals surface area contributed by atoms with Gasteiger partial charge in [0, 0.05) is 24.0 Å². The molecule has 2 heterocycles. The number of hydrogen-bond donors (Lipinski definition) is 0. The van der Waals surface area contributed by atoms with Crippen molar-refractivity contribution >= 4 is 17.5 Å². The predicted octanol–water partition coefficient (Wildman–Crippen LogP) is 1.86. The number of amides is 1. The van der Waals surface area contributed by atoms with Gasteiger partial charge in [-0.25, -0.2) is 0 Å². The molecule has 2 rings (SSSR count). The number of rotatable bonds is 2. The lowest BCUT2D eigenvalue weighted by Crippen LogP contribution is -2.51. The summed E-state index contributed by atoms with van der Waals surface area (Å²) in [5, 5.41) is 0. The zero-order chi connectivity index (χ0) is 13.1. The number of carbonyl (C=O) groups excluding carboxylic acids is 1. The normalized spacial score (nSPS) is 24.1. The van der Waals surface area contributed by atoms with Crippen molar-refractivity contribution in [3.8, 4) is 0 Å². The molecule has 5 heteroatoms. The van der Waals surface area contributed by atoms with Crippen molar-refractivity contribution < 1.29 is 9.53 Å². The standard InChI is InChI=1S/C13H17ClN2O2/c1-9-5-11(3-4-15-9)13(17)16-7-12(6-14)18-8-10(16)2/h3-5,10,12H,6-8H2,1-2H3. The van der Waals surface area contributed by atoms with Crippen molar-refractivity contribution in [2.45, 2.75) is 26.0 Å². The molecule has 1 saturated heterocycles. The van der Waals surface area contributed by atoms with Gasteiger partial charge in [0.05, 0.1) is 24.6 Å². The molecular formula is C13H17ClN2O2. The van der Waals surface area contributed by atoms with E-state index in [9.17, 15) is 4.79 Å². The van der Waals surface area contributed by atoms with Gasteiger partial charge >= 0.3 is 0 Å². The number of carbonyl (C=O) groups is 1. The molecule has 0 radical (unpaired) electrons. The van der Waals surface area contributed by atoms with E-state index in [1.165, 1.54) is 0 Å². The highest BCUT2D eigenvalue weighted by atomic mass is 35.5. The Bertz CT molecular complexity index is 439. The van der Waals surface area contributed by atoms with Crippen LogP contribution >= 0.6 is 11.6 Å². The molecule has 1 aromatic rings. The number of ether oxygens (including phenoxy) is 1. The van der Waals surface area contributed by atoms with Crippen molar-refractivity contribution in [2.75, 3.05) is 19.0 Å². The van der Waals surface area contributed by atoms with E-state index in [0.717, 1.165) is 5.69 Å². The number of alkyl halides is 1. The fourth-order valence-electron chi connectivity index (χ4n) is 2.04. The van der Waals surface area contributed by atoms with Crippen LogP contribution < -0.4 is 0 Å². The van der Waals surface area contributed by atoms with Crippen LogP contribution in [-0.4, -0.2) is 47.0 Å². The minimum absolute atomic E-state index is 0.0198. The van der Waals surface area contributed by atoms with Gasteiger partial charge in [0.2, 0.25) is 0 Å². The molecule has 1 aliphatic heterocycles. The highest BCUT2D eigenvalue weighted by molar-refractivity contribution is 6.18. The van der Waals surface area contributed by atoms with Gasteiger partial charge in [0.1, 0.15) is 0 Å². The van der Waals surface area contributed by atoms with Crippen LogP contribution in [0.15, 0.2) is 18.3 Å². The Hall–Kier alpha value is -1.13. The topological polar surface area (TPSA) is 42.4 Å². The van der Waals surface area contributed by atoms with Gasteiger partial charge in [-0.15, -0.1) is 11.6 Å². The van der Waals surface area contributed by atoms with Crippen molar-refractivity contribution in [1.82, 2.24) is 9.88 Å². The van der Waals surface area contributed by atoms with E-state index in [0.29, 0.717) is 24.6 Å². The van der Waals surface area contributed by atoms with Crippen LogP contribution in [0.1, 0.15) is 23.0 Å². The fraction of sp³-hybridized carbons (Fsp3) is 0.538. The molecule has 0 spiro atoms. The van der Waals surface area contributed by atoms with Gasteiger partial charge in [-0.05, 0) is 26.0 Å². The molecule has 18 heavy (non-hydrogen) atoms. The molecule has 4 nitrogen and oxygen atoms in total. The molecule has 0 aromatic carbocycles. The van der Waals surface area contributed by atoms with Crippen molar-refractivity contribution in [3.05, 3.63) is 29.6 Å². The van der Waals surface area contributed by atoms with Gasteiger partial charge in [-0.3, -0.25) is 9.78 Å². The second kappa shape index (κ2) is 5.67. The Balaban J connectivity index is 2.16. The van der Waals surface area contributed by atoms with Crippen molar-refractivity contribution in [1.29, 1.82) is 0 Å². The van der Waals surface area contributed by atoms with E-state index >= 15 is 0 Å². The van der Waals surface area contributed by atoms with Gasteiger partial charge in [0.25, 0.3) is 5.91 Å². The molecule has 2 atom stereocenters. The Morgan fingerprint density at radius 2 is 2.44 bits per heavy atom. The SMILES string of the molecule is Cc1cc(C(=O)N2CC(CCl)OCC2C)ccn1. The largest absolute Gasteiger partial charge is 0.373 e. The van der Waals surface area contributed by atoms with Gasteiger partial charge < -0.3 is 9.64 Å². The summed E-state index contributed by atoms with van der Waals surface area (Å²) < 4.78 is 5.54. The van der Waals surface area contributed by atoms with Crippen LogP contribution in [0.5, 0.6) is 0 Å². The van der Waals surface area contributed by atoms with Crippen LogP contribution in [0, 0.1) is 6.92 Å². The van der Waals surface area contributed by atoms with Crippen LogP contribution in [0.3, 0.4) is 0 Å². The summed E-state index contributed by atoms with van der Waals surface area (Å²) >= 11 is 5.80. The van der Waals surface area contributed by atoms with E-state index in [2.05, 4.69) is 4.98 Å². The van der Waals surface area contributed by atoms with E-state index in [-0.39, 0.29) is 18.1 Å². The minimum Gasteiger partial charge on any atom is -0.373 e. The molecule has 0 bridgehead atoms. The molecule has 1 fully saturated rings. The first-order chi connectivity index (χ1) is 8.61. The number of hydrogen-bond acceptors (Lipinski definition) is 3. The summed E-state index contributed by atoms with van der Waals surface area (Å²) in [4.78, 5) is 18.3. The Morgan fingerprint density at radius 3 is 3.11 bits per heavy atom. The molecular weight excluding hydrogens is 252 g/mol. The highest BCUT2D eigenvalue weighted by Gasteiger charge is 2.29. The Labute approximate surface area is 112 Å². The number of halogens is 1. The molecule has 0 N–H and O–H groups in total. The van der Waals surface area contributed by atoms with E-state index in [4.69, 9.17) is 16.3 Å². The molecule has 1 amide bonds. The first kappa shape index (κ1) is 13.3. The van der Waals surface area contributed by atoms with E-state index in [1.54, 1.807) is 18.3 Å². The van der Waals surface area contributed by atoms with Crippen LogP contribution in [0.25, 0.3) is 0 Å². The smallest absolute Gasteiger partial charge is 0.254 e. The van der Waals surface area contributed by atoms with E-state index in [1.807, 2.05) is 18.7 Å². The molecule has 1 aromatic heterocycles. The average Bonchev–Trinajstić information content (AvgIpc) is 2.38. The maximum Gasteiger partial charge on any atom is 0.254 e. The second-order valence-electron chi connectivity index (χ2n) is 4.60. The zero-order valence-corrected chi connectivity index (χ0v) is 11.4. The first-order valence-corrected chi connectivity index (χ1v) is 6.56. The van der Waals surface area contributed by atoms with Crippen LogP contribution in [0.2, 0.25) is 0 Å². The van der Waals surface area contributed by atoms with Crippen LogP contribution in [0.4, 0.5) is 0 Å². The Kier molecular flexibility index (Phi) is 4.19. The minimum atomic E-state index is -0.0743. The zero-order valence-electron chi connectivity index (χ0n) is 10.6. The third-order valence-electron chi connectivity index (χ3n) is 3.08. The molecule has 0 saturated carbocycles. The third-order valence-corrected chi connectivity index (χ3v) is 3.43. The Morgan fingerprint density at radius 1 is 1.67 bits per heavy atom. The molecule has 0 aliphatic carbocycles. The first-order valence-electron chi connectivity index (χ1n) is 6.03. The molecule has 98 valence electrons. The fourth-order valence-corrected chi connectivity index (χ4v) is 2.22. The van der Waals surface area contributed by atoms with Gasteiger partial charge in [-0.2, -0.15) is 0 Å². The number of aromatic nitrogens is 1. The number of pyridine rings is 1. The number of nitrogens with zero attached hydrogens (tertiary/aromatic N) is 2. The quantitative estimate of drug-likeness (QED) is 0.769. The van der Waals surface area contributed by atoms with Crippen molar-refractivity contribution in [3.63, 3.8) is 0 Å². The predicted molar refractivity (Wildman–Crippen MR) is 69.9 cm³/mol. The van der Waals surface area contributed by atoms with Gasteiger partial charge in [-0.1, -0.05) is 0 Å². The second-order valence-corrected chi connectivity index (χ2v) is 4.91. The number of aryl methyl sites for hydroxylation is 1. The lowest BCUT2D eigenvalue weighted by molar-refractivity contribution is -0.0371. The van der Waals surface area contributed by atoms with E-state index < -0.39 is 0 Å².